The van der Waals surface area contributed by atoms with E-state index in [1.165, 1.54) is 32.1 Å². The van der Waals surface area contributed by atoms with Gasteiger partial charge in [-0.1, -0.05) is 32.1 Å². The van der Waals surface area contributed by atoms with Gasteiger partial charge in [-0.3, -0.25) is 9.59 Å². The van der Waals surface area contributed by atoms with E-state index >= 15 is 0 Å². The standard InChI is InChI=1S/C18H24N2O2/c21-17-9-7-14-12-15(6-8-16(14)20-17)18(22)19-11-10-13-4-2-1-3-5-13/h6,8,12-13H,1-5,7,9-11H2,(H,19,22)(H,20,21). The average Bonchev–Trinajstić information content (AvgIpc) is 2.55. The van der Waals surface area contributed by atoms with Crippen LogP contribution in [0.15, 0.2) is 18.2 Å². The Labute approximate surface area is 131 Å². The zero-order chi connectivity index (χ0) is 15.4. The van der Waals surface area contributed by atoms with Crippen molar-refractivity contribution in [2.45, 2.75) is 51.4 Å². The van der Waals surface area contributed by atoms with Crippen LogP contribution in [0, 0.1) is 5.92 Å². The first kappa shape index (κ1) is 15.1. The molecule has 2 N–H and O–H groups in total. The van der Waals surface area contributed by atoms with Crippen LogP contribution in [0.4, 0.5) is 5.69 Å². The van der Waals surface area contributed by atoms with Gasteiger partial charge in [0.25, 0.3) is 5.91 Å². The number of hydrogen-bond acceptors (Lipinski definition) is 2. The van der Waals surface area contributed by atoms with Crippen molar-refractivity contribution in [2.24, 2.45) is 5.92 Å². The second kappa shape index (κ2) is 6.95. The van der Waals surface area contributed by atoms with Gasteiger partial charge < -0.3 is 10.6 Å². The Hall–Kier alpha value is -1.84. The molecule has 1 aliphatic heterocycles. The third-order valence-electron chi connectivity index (χ3n) is 4.83. The smallest absolute Gasteiger partial charge is 0.251 e. The molecule has 1 aromatic rings. The number of rotatable bonds is 4. The first-order chi connectivity index (χ1) is 10.7. The van der Waals surface area contributed by atoms with E-state index in [-0.39, 0.29) is 11.8 Å². The number of aryl methyl sites for hydroxylation is 1. The molecule has 3 rings (SSSR count). The topological polar surface area (TPSA) is 58.2 Å². The second-order valence-electron chi connectivity index (χ2n) is 6.47. The summed E-state index contributed by atoms with van der Waals surface area (Å²) in [4.78, 5) is 23.6. The molecular formula is C18H24N2O2. The van der Waals surface area contributed by atoms with Gasteiger partial charge in [0.1, 0.15) is 0 Å². The quantitative estimate of drug-likeness (QED) is 0.896. The van der Waals surface area contributed by atoms with E-state index in [9.17, 15) is 9.59 Å². The largest absolute Gasteiger partial charge is 0.352 e. The maximum Gasteiger partial charge on any atom is 0.251 e. The highest BCUT2D eigenvalue weighted by Gasteiger charge is 2.17. The molecule has 4 nitrogen and oxygen atoms in total. The fourth-order valence-electron chi connectivity index (χ4n) is 3.49. The summed E-state index contributed by atoms with van der Waals surface area (Å²) in [5.74, 6) is 0.834. The van der Waals surface area contributed by atoms with Gasteiger partial charge in [0, 0.05) is 24.2 Å². The van der Waals surface area contributed by atoms with Crippen molar-refractivity contribution in [3.8, 4) is 0 Å². The number of carbonyl (C=O) groups is 2. The van der Waals surface area contributed by atoms with E-state index in [0.29, 0.717) is 18.4 Å². The van der Waals surface area contributed by atoms with Crippen LogP contribution < -0.4 is 10.6 Å². The van der Waals surface area contributed by atoms with Gasteiger partial charge in [-0.25, -0.2) is 0 Å². The normalized spacial score (nSPS) is 18.5. The Bertz CT molecular complexity index is 562. The van der Waals surface area contributed by atoms with Gasteiger partial charge in [-0.15, -0.1) is 0 Å². The Morgan fingerprint density at radius 3 is 2.82 bits per heavy atom. The van der Waals surface area contributed by atoms with E-state index in [2.05, 4.69) is 10.6 Å². The van der Waals surface area contributed by atoms with Crippen LogP contribution >= 0.6 is 0 Å². The molecular weight excluding hydrogens is 276 g/mol. The summed E-state index contributed by atoms with van der Waals surface area (Å²) >= 11 is 0. The first-order valence-electron chi connectivity index (χ1n) is 8.43. The second-order valence-corrected chi connectivity index (χ2v) is 6.47. The molecule has 1 aromatic carbocycles. The summed E-state index contributed by atoms with van der Waals surface area (Å²) in [6, 6.07) is 5.54. The molecule has 1 saturated carbocycles. The number of benzene rings is 1. The molecule has 1 fully saturated rings. The molecule has 0 bridgehead atoms. The molecule has 0 saturated heterocycles. The zero-order valence-electron chi connectivity index (χ0n) is 13.0. The SMILES string of the molecule is O=C1CCc2cc(C(=O)NCCC3CCCCC3)ccc2N1. The molecule has 1 aliphatic carbocycles. The first-order valence-corrected chi connectivity index (χ1v) is 8.43. The average molecular weight is 300 g/mol. The fourth-order valence-corrected chi connectivity index (χ4v) is 3.49. The molecule has 2 amide bonds. The number of anilines is 1. The Kier molecular flexibility index (Phi) is 4.76. The minimum absolute atomic E-state index is 0.00416. The van der Waals surface area contributed by atoms with E-state index in [1.54, 1.807) is 6.07 Å². The highest BCUT2D eigenvalue weighted by molar-refractivity contribution is 5.97. The predicted molar refractivity (Wildman–Crippen MR) is 86.9 cm³/mol. The molecule has 2 aliphatic rings. The fraction of sp³-hybridized carbons (Fsp3) is 0.556. The van der Waals surface area contributed by atoms with Crippen molar-refractivity contribution in [3.05, 3.63) is 29.3 Å². The van der Waals surface area contributed by atoms with Gasteiger partial charge in [0.15, 0.2) is 0 Å². The van der Waals surface area contributed by atoms with Crippen LogP contribution in [0.2, 0.25) is 0 Å². The van der Waals surface area contributed by atoms with Crippen LogP contribution in [0.25, 0.3) is 0 Å². The zero-order valence-corrected chi connectivity index (χ0v) is 13.0. The third-order valence-corrected chi connectivity index (χ3v) is 4.83. The maximum absolute atomic E-state index is 12.2. The van der Waals surface area contributed by atoms with Crippen molar-refractivity contribution in [1.82, 2.24) is 5.32 Å². The molecule has 0 aromatic heterocycles. The van der Waals surface area contributed by atoms with Crippen molar-refractivity contribution >= 4 is 17.5 Å². The monoisotopic (exact) mass is 300 g/mol. The molecule has 0 radical (unpaired) electrons. The van der Waals surface area contributed by atoms with Gasteiger partial charge in [-0.05, 0) is 42.5 Å². The molecule has 0 atom stereocenters. The lowest BCUT2D eigenvalue weighted by Crippen LogP contribution is -2.27. The van der Waals surface area contributed by atoms with Crippen LogP contribution in [-0.4, -0.2) is 18.4 Å². The van der Waals surface area contributed by atoms with Gasteiger partial charge >= 0.3 is 0 Å². The van der Waals surface area contributed by atoms with E-state index < -0.39 is 0 Å². The lowest BCUT2D eigenvalue weighted by molar-refractivity contribution is -0.116. The lowest BCUT2D eigenvalue weighted by Gasteiger charge is -2.21. The van der Waals surface area contributed by atoms with Gasteiger partial charge in [0.05, 0.1) is 0 Å². The third kappa shape index (κ3) is 3.67. The molecule has 4 heteroatoms. The lowest BCUT2D eigenvalue weighted by atomic mass is 9.87. The van der Waals surface area contributed by atoms with E-state index in [4.69, 9.17) is 0 Å². The maximum atomic E-state index is 12.2. The molecule has 118 valence electrons. The minimum atomic E-state index is -0.00416. The van der Waals surface area contributed by atoms with Crippen molar-refractivity contribution in [2.75, 3.05) is 11.9 Å². The Balaban J connectivity index is 1.52. The summed E-state index contributed by atoms with van der Waals surface area (Å²) in [7, 11) is 0. The predicted octanol–water partition coefficient (Wildman–Crippen LogP) is 3.27. The van der Waals surface area contributed by atoms with E-state index in [0.717, 1.165) is 30.1 Å². The van der Waals surface area contributed by atoms with Crippen LogP contribution in [-0.2, 0) is 11.2 Å². The summed E-state index contributed by atoms with van der Waals surface area (Å²) in [5.41, 5.74) is 2.59. The van der Waals surface area contributed by atoms with Crippen LogP contribution in [0.1, 0.15) is 60.9 Å². The summed E-state index contributed by atoms with van der Waals surface area (Å²) in [6.07, 6.45) is 8.98. The van der Waals surface area contributed by atoms with Crippen molar-refractivity contribution in [1.29, 1.82) is 0 Å². The van der Waals surface area contributed by atoms with Crippen LogP contribution in [0.3, 0.4) is 0 Å². The Morgan fingerprint density at radius 1 is 1.18 bits per heavy atom. The number of hydrogen-bond donors (Lipinski definition) is 2. The van der Waals surface area contributed by atoms with Gasteiger partial charge in [0.2, 0.25) is 5.91 Å². The summed E-state index contributed by atoms with van der Waals surface area (Å²) < 4.78 is 0. The molecule has 1 heterocycles. The van der Waals surface area contributed by atoms with Crippen LogP contribution in [0.5, 0.6) is 0 Å². The summed E-state index contributed by atoms with van der Waals surface area (Å²) in [5, 5.41) is 5.88. The Morgan fingerprint density at radius 2 is 2.00 bits per heavy atom. The number of nitrogens with one attached hydrogen (secondary N) is 2. The number of carbonyl (C=O) groups excluding carboxylic acids is 2. The van der Waals surface area contributed by atoms with E-state index in [1.807, 2.05) is 12.1 Å². The summed E-state index contributed by atoms with van der Waals surface area (Å²) in [6.45, 7) is 0.761. The highest BCUT2D eigenvalue weighted by atomic mass is 16.2. The minimum Gasteiger partial charge on any atom is -0.352 e. The highest BCUT2D eigenvalue weighted by Crippen LogP contribution is 2.26. The molecule has 22 heavy (non-hydrogen) atoms. The van der Waals surface area contributed by atoms with Crippen molar-refractivity contribution in [3.63, 3.8) is 0 Å². The molecule has 0 spiro atoms. The van der Waals surface area contributed by atoms with Crippen molar-refractivity contribution < 1.29 is 9.59 Å². The molecule has 0 unspecified atom stereocenters. The number of fused-ring (bicyclic) bond motifs is 1. The van der Waals surface area contributed by atoms with Gasteiger partial charge in [-0.2, -0.15) is 0 Å². The number of amides is 2.